The van der Waals surface area contributed by atoms with Crippen molar-refractivity contribution in [1.82, 2.24) is 0 Å². The molecule has 0 N–H and O–H groups in total. The SMILES string of the molecule is CCC1CCCC(Oc2cccc(C#CCCCl)c2)C1. The molecule has 0 aromatic heterocycles. The molecule has 1 nitrogen and oxygen atoms in total. The van der Waals surface area contributed by atoms with Crippen molar-refractivity contribution in [2.75, 3.05) is 5.88 Å². The third kappa shape index (κ3) is 4.76. The van der Waals surface area contributed by atoms with Crippen LogP contribution in [0.25, 0.3) is 0 Å². The van der Waals surface area contributed by atoms with Crippen LogP contribution in [0, 0.1) is 17.8 Å². The monoisotopic (exact) mass is 290 g/mol. The highest BCUT2D eigenvalue weighted by Gasteiger charge is 2.21. The van der Waals surface area contributed by atoms with E-state index < -0.39 is 0 Å². The molecular formula is C18H23ClO. The van der Waals surface area contributed by atoms with Gasteiger partial charge in [0.2, 0.25) is 0 Å². The number of hydrogen-bond donors (Lipinski definition) is 0. The van der Waals surface area contributed by atoms with Crippen molar-refractivity contribution in [2.45, 2.75) is 51.6 Å². The van der Waals surface area contributed by atoms with E-state index in [4.69, 9.17) is 16.3 Å². The van der Waals surface area contributed by atoms with Crippen LogP contribution in [-0.2, 0) is 0 Å². The zero-order valence-corrected chi connectivity index (χ0v) is 13.0. The predicted octanol–water partition coefficient (Wildman–Crippen LogP) is 5.01. The van der Waals surface area contributed by atoms with Crippen LogP contribution < -0.4 is 4.74 Å². The van der Waals surface area contributed by atoms with Gasteiger partial charge in [0.15, 0.2) is 0 Å². The molecule has 0 spiro atoms. The minimum absolute atomic E-state index is 0.375. The van der Waals surface area contributed by atoms with E-state index in [1.807, 2.05) is 24.3 Å². The van der Waals surface area contributed by atoms with Gasteiger partial charge >= 0.3 is 0 Å². The Hall–Kier alpha value is -1.13. The van der Waals surface area contributed by atoms with Crippen LogP contribution in [0.4, 0.5) is 0 Å². The molecule has 0 radical (unpaired) electrons. The Morgan fingerprint density at radius 2 is 2.25 bits per heavy atom. The van der Waals surface area contributed by atoms with Gasteiger partial charge in [0.05, 0.1) is 6.10 Å². The Balaban J connectivity index is 1.96. The second-order valence-corrected chi connectivity index (χ2v) is 5.83. The van der Waals surface area contributed by atoms with Gasteiger partial charge in [-0.1, -0.05) is 37.7 Å². The Morgan fingerprint density at radius 3 is 3.05 bits per heavy atom. The van der Waals surface area contributed by atoms with Gasteiger partial charge in [0.1, 0.15) is 5.75 Å². The van der Waals surface area contributed by atoms with Crippen LogP contribution in [0.15, 0.2) is 24.3 Å². The van der Waals surface area contributed by atoms with E-state index in [0.29, 0.717) is 12.0 Å². The summed E-state index contributed by atoms with van der Waals surface area (Å²) in [6.45, 7) is 2.28. The summed E-state index contributed by atoms with van der Waals surface area (Å²) in [4.78, 5) is 0. The van der Waals surface area contributed by atoms with E-state index >= 15 is 0 Å². The van der Waals surface area contributed by atoms with Gasteiger partial charge in [-0.25, -0.2) is 0 Å². The molecule has 2 atom stereocenters. The van der Waals surface area contributed by atoms with E-state index in [1.165, 1.54) is 32.1 Å². The number of ether oxygens (including phenoxy) is 1. The van der Waals surface area contributed by atoms with Crippen LogP contribution in [-0.4, -0.2) is 12.0 Å². The first-order valence-corrected chi connectivity index (χ1v) is 8.16. The van der Waals surface area contributed by atoms with E-state index in [2.05, 4.69) is 18.8 Å². The fraction of sp³-hybridized carbons (Fsp3) is 0.556. The van der Waals surface area contributed by atoms with Crippen molar-refractivity contribution in [3.8, 4) is 17.6 Å². The summed E-state index contributed by atoms with van der Waals surface area (Å²) >= 11 is 5.63. The van der Waals surface area contributed by atoms with E-state index in [1.54, 1.807) is 0 Å². The van der Waals surface area contributed by atoms with Gasteiger partial charge in [-0.05, 0) is 43.4 Å². The standard InChI is InChI=1S/C18H23ClO/c1-2-15-8-5-10-17(13-15)20-18-11-6-9-16(14-18)7-3-4-12-19/h6,9,11,14-15,17H,2,4-5,8,10,12-13H2,1H3. The van der Waals surface area contributed by atoms with Crippen molar-refractivity contribution >= 4 is 11.6 Å². The summed E-state index contributed by atoms with van der Waals surface area (Å²) in [5.41, 5.74) is 1.01. The van der Waals surface area contributed by atoms with Gasteiger partial charge in [0, 0.05) is 17.9 Å². The first-order valence-electron chi connectivity index (χ1n) is 7.63. The van der Waals surface area contributed by atoms with Crippen LogP contribution in [0.5, 0.6) is 5.75 Å². The smallest absolute Gasteiger partial charge is 0.120 e. The van der Waals surface area contributed by atoms with Crippen LogP contribution in [0.2, 0.25) is 0 Å². The molecule has 1 aromatic rings. The van der Waals surface area contributed by atoms with E-state index in [9.17, 15) is 0 Å². The van der Waals surface area contributed by atoms with Crippen LogP contribution in [0.3, 0.4) is 0 Å². The summed E-state index contributed by atoms with van der Waals surface area (Å²) in [6, 6.07) is 8.10. The first kappa shape index (κ1) is 15.3. The molecule has 2 unspecified atom stereocenters. The third-order valence-electron chi connectivity index (χ3n) is 3.90. The minimum Gasteiger partial charge on any atom is -0.490 e. The first-order chi connectivity index (χ1) is 9.81. The molecule has 0 aliphatic heterocycles. The molecule has 1 aromatic carbocycles. The van der Waals surface area contributed by atoms with Crippen LogP contribution in [0.1, 0.15) is 51.0 Å². The lowest BCUT2D eigenvalue weighted by Crippen LogP contribution is -2.25. The lowest BCUT2D eigenvalue weighted by atomic mass is 9.85. The second kappa shape index (κ2) is 8.22. The molecule has 0 amide bonds. The molecule has 0 bridgehead atoms. The third-order valence-corrected chi connectivity index (χ3v) is 4.09. The number of alkyl halides is 1. The average molecular weight is 291 g/mol. The molecule has 0 heterocycles. The molecule has 1 fully saturated rings. The zero-order chi connectivity index (χ0) is 14.2. The van der Waals surface area contributed by atoms with E-state index in [-0.39, 0.29) is 0 Å². The number of halogens is 1. The van der Waals surface area contributed by atoms with Gasteiger partial charge in [-0.2, -0.15) is 0 Å². The quantitative estimate of drug-likeness (QED) is 0.559. The van der Waals surface area contributed by atoms with E-state index in [0.717, 1.165) is 23.7 Å². The molecule has 2 heteroatoms. The number of rotatable bonds is 4. The summed E-state index contributed by atoms with van der Waals surface area (Å²) in [6.07, 6.45) is 7.40. The molecule has 1 saturated carbocycles. The summed E-state index contributed by atoms with van der Waals surface area (Å²) in [5, 5.41) is 0. The molecule has 20 heavy (non-hydrogen) atoms. The lowest BCUT2D eigenvalue weighted by Gasteiger charge is -2.29. The molecule has 0 saturated heterocycles. The number of benzene rings is 1. The summed E-state index contributed by atoms with van der Waals surface area (Å²) in [7, 11) is 0. The fourth-order valence-corrected chi connectivity index (χ4v) is 2.87. The topological polar surface area (TPSA) is 9.23 Å². The summed E-state index contributed by atoms with van der Waals surface area (Å²) in [5.74, 6) is 8.56. The van der Waals surface area contributed by atoms with Crippen molar-refractivity contribution in [3.05, 3.63) is 29.8 Å². The number of hydrogen-bond acceptors (Lipinski definition) is 1. The predicted molar refractivity (Wildman–Crippen MR) is 85.3 cm³/mol. The Morgan fingerprint density at radius 1 is 1.35 bits per heavy atom. The Labute approximate surface area is 127 Å². The Bertz CT molecular complexity index is 472. The van der Waals surface area contributed by atoms with Crippen molar-refractivity contribution in [2.24, 2.45) is 5.92 Å². The maximum atomic E-state index is 6.14. The molecule has 1 aliphatic carbocycles. The molecule has 108 valence electrons. The lowest BCUT2D eigenvalue weighted by molar-refractivity contribution is 0.122. The molecule has 1 aliphatic rings. The zero-order valence-electron chi connectivity index (χ0n) is 12.2. The highest BCUT2D eigenvalue weighted by molar-refractivity contribution is 6.18. The normalized spacial score (nSPS) is 21.9. The average Bonchev–Trinajstić information content (AvgIpc) is 2.48. The van der Waals surface area contributed by atoms with Crippen molar-refractivity contribution in [1.29, 1.82) is 0 Å². The second-order valence-electron chi connectivity index (χ2n) is 5.45. The van der Waals surface area contributed by atoms with Crippen LogP contribution >= 0.6 is 11.6 Å². The fourth-order valence-electron chi connectivity index (χ4n) is 2.77. The highest BCUT2D eigenvalue weighted by Crippen LogP contribution is 2.29. The van der Waals surface area contributed by atoms with Crippen molar-refractivity contribution in [3.63, 3.8) is 0 Å². The van der Waals surface area contributed by atoms with Crippen molar-refractivity contribution < 1.29 is 4.74 Å². The maximum Gasteiger partial charge on any atom is 0.120 e. The maximum absolute atomic E-state index is 6.14. The Kier molecular flexibility index (Phi) is 6.27. The largest absolute Gasteiger partial charge is 0.490 e. The van der Waals surface area contributed by atoms with Gasteiger partial charge in [-0.15, -0.1) is 11.6 Å². The minimum atomic E-state index is 0.375. The highest BCUT2D eigenvalue weighted by atomic mass is 35.5. The molecular weight excluding hydrogens is 268 g/mol. The van der Waals surface area contributed by atoms with Gasteiger partial charge < -0.3 is 4.74 Å². The van der Waals surface area contributed by atoms with Gasteiger partial charge in [-0.3, -0.25) is 0 Å². The van der Waals surface area contributed by atoms with Gasteiger partial charge in [0.25, 0.3) is 0 Å². The molecule has 2 rings (SSSR count). The summed E-state index contributed by atoms with van der Waals surface area (Å²) < 4.78 is 6.14.